The molecule has 0 bridgehead atoms. The molecule has 2 aromatic carbocycles. The molecule has 6 heteroatoms. The molecular weight excluding hydrogens is 306 g/mol. The maximum Gasteiger partial charge on any atom is 0.243 e. The van der Waals surface area contributed by atoms with Gasteiger partial charge in [0.1, 0.15) is 5.75 Å². The third kappa shape index (κ3) is 5.31. The van der Waals surface area contributed by atoms with Crippen molar-refractivity contribution in [1.82, 2.24) is 0 Å². The monoisotopic (exact) mass is 327 g/mol. The van der Waals surface area contributed by atoms with Gasteiger partial charge in [0.15, 0.2) is 0 Å². The number of methoxy groups -OCH3 is 1. The van der Waals surface area contributed by atoms with Gasteiger partial charge in [0, 0.05) is 29.5 Å². The van der Waals surface area contributed by atoms with Gasteiger partial charge in [-0.1, -0.05) is 19.1 Å². The number of benzene rings is 2. The Balaban J connectivity index is 1.90. The van der Waals surface area contributed by atoms with Crippen LogP contribution < -0.4 is 20.7 Å². The first-order valence-electron chi connectivity index (χ1n) is 7.68. The van der Waals surface area contributed by atoms with E-state index in [1.54, 1.807) is 38.3 Å². The zero-order valence-electron chi connectivity index (χ0n) is 13.8. The van der Waals surface area contributed by atoms with Gasteiger partial charge in [-0.3, -0.25) is 9.59 Å². The summed E-state index contributed by atoms with van der Waals surface area (Å²) in [4.78, 5) is 23.4. The van der Waals surface area contributed by atoms with Crippen molar-refractivity contribution < 1.29 is 14.3 Å². The fraction of sp³-hybridized carbons (Fsp3) is 0.222. The van der Waals surface area contributed by atoms with Gasteiger partial charge in [-0.25, -0.2) is 0 Å². The van der Waals surface area contributed by atoms with E-state index in [9.17, 15) is 9.59 Å². The van der Waals surface area contributed by atoms with Crippen LogP contribution in [0.25, 0.3) is 0 Å². The van der Waals surface area contributed by atoms with E-state index in [4.69, 9.17) is 4.74 Å². The number of amides is 2. The van der Waals surface area contributed by atoms with Crippen LogP contribution in [0, 0.1) is 0 Å². The molecule has 0 radical (unpaired) electrons. The van der Waals surface area contributed by atoms with Gasteiger partial charge in [0.2, 0.25) is 11.8 Å². The number of hydrogen-bond acceptors (Lipinski definition) is 4. The Labute approximate surface area is 141 Å². The van der Waals surface area contributed by atoms with Gasteiger partial charge in [-0.15, -0.1) is 0 Å². The fourth-order valence-corrected chi connectivity index (χ4v) is 2.04. The van der Waals surface area contributed by atoms with Gasteiger partial charge in [0.25, 0.3) is 0 Å². The molecule has 0 spiro atoms. The molecule has 3 N–H and O–H groups in total. The first-order chi connectivity index (χ1) is 11.6. The lowest BCUT2D eigenvalue weighted by molar-refractivity contribution is -0.116. The second-order valence-electron chi connectivity index (χ2n) is 5.12. The van der Waals surface area contributed by atoms with Gasteiger partial charge < -0.3 is 20.7 Å². The largest absolute Gasteiger partial charge is 0.497 e. The summed E-state index contributed by atoms with van der Waals surface area (Å²) in [6, 6.07) is 14.4. The minimum absolute atomic E-state index is 0.0711. The SMILES string of the molecule is CCC(=O)Nc1cccc(NC(=O)CNc2cccc(OC)c2)c1. The molecule has 24 heavy (non-hydrogen) atoms. The summed E-state index contributed by atoms with van der Waals surface area (Å²) in [6.45, 7) is 1.91. The lowest BCUT2D eigenvalue weighted by Gasteiger charge is -2.10. The van der Waals surface area contributed by atoms with E-state index in [1.807, 2.05) is 24.3 Å². The maximum absolute atomic E-state index is 12.0. The van der Waals surface area contributed by atoms with Crippen LogP contribution in [0.3, 0.4) is 0 Å². The van der Waals surface area contributed by atoms with Crippen molar-refractivity contribution >= 4 is 28.9 Å². The average molecular weight is 327 g/mol. The minimum atomic E-state index is -0.184. The van der Waals surface area contributed by atoms with Crippen LogP contribution in [0.4, 0.5) is 17.1 Å². The van der Waals surface area contributed by atoms with Crippen LogP contribution in [0.15, 0.2) is 48.5 Å². The molecule has 2 aromatic rings. The average Bonchev–Trinajstić information content (AvgIpc) is 2.60. The molecule has 0 aromatic heterocycles. The van der Waals surface area contributed by atoms with Crippen molar-refractivity contribution in [3.05, 3.63) is 48.5 Å². The molecule has 0 unspecified atom stereocenters. The molecule has 0 aliphatic carbocycles. The number of carbonyl (C=O) groups is 2. The first-order valence-corrected chi connectivity index (χ1v) is 7.68. The summed E-state index contributed by atoms with van der Waals surface area (Å²) in [6.07, 6.45) is 0.404. The number of nitrogens with one attached hydrogen (secondary N) is 3. The van der Waals surface area contributed by atoms with Crippen LogP contribution in [0.1, 0.15) is 13.3 Å². The second-order valence-corrected chi connectivity index (χ2v) is 5.12. The highest BCUT2D eigenvalue weighted by atomic mass is 16.5. The number of carbonyl (C=O) groups excluding carboxylic acids is 2. The van der Waals surface area contributed by atoms with E-state index < -0.39 is 0 Å². The Bertz CT molecular complexity index is 716. The molecule has 0 aliphatic heterocycles. The second kappa shape index (κ2) is 8.57. The lowest BCUT2D eigenvalue weighted by Crippen LogP contribution is -2.21. The van der Waals surface area contributed by atoms with Crippen molar-refractivity contribution in [3.63, 3.8) is 0 Å². The zero-order valence-corrected chi connectivity index (χ0v) is 13.8. The van der Waals surface area contributed by atoms with E-state index in [2.05, 4.69) is 16.0 Å². The summed E-state index contributed by atoms with van der Waals surface area (Å²) >= 11 is 0. The van der Waals surface area contributed by atoms with Gasteiger partial charge in [0.05, 0.1) is 13.7 Å². The molecule has 0 saturated heterocycles. The van der Waals surface area contributed by atoms with Crippen LogP contribution in [-0.4, -0.2) is 25.5 Å². The third-order valence-electron chi connectivity index (χ3n) is 3.27. The molecule has 0 aliphatic rings. The third-order valence-corrected chi connectivity index (χ3v) is 3.27. The van der Waals surface area contributed by atoms with Crippen molar-refractivity contribution in [2.45, 2.75) is 13.3 Å². The highest BCUT2D eigenvalue weighted by Gasteiger charge is 2.05. The number of ether oxygens (including phenoxy) is 1. The summed E-state index contributed by atoms with van der Waals surface area (Å²) in [5.74, 6) is 0.467. The van der Waals surface area contributed by atoms with Gasteiger partial charge in [-0.2, -0.15) is 0 Å². The summed E-state index contributed by atoms with van der Waals surface area (Å²) in [7, 11) is 1.59. The molecule has 126 valence electrons. The Morgan fingerprint density at radius 2 is 1.54 bits per heavy atom. The van der Waals surface area contributed by atoms with E-state index in [0.29, 0.717) is 17.8 Å². The van der Waals surface area contributed by atoms with E-state index in [1.165, 1.54) is 0 Å². The van der Waals surface area contributed by atoms with Crippen LogP contribution in [-0.2, 0) is 9.59 Å². The van der Waals surface area contributed by atoms with Gasteiger partial charge >= 0.3 is 0 Å². The first kappa shape index (κ1) is 17.3. The predicted molar refractivity (Wildman–Crippen MR) is 95.5 cm³/mol. The van der Waals surface area contributed by atoms with Crippen LogP contribution >= 0.6 is 0 Å². The summed E-state index contributed by atoms with van der Waals surface area (Å²) < 4.78 is 5.14. The summed E-state index contributed by atoms with van der Waals surface area (Å²) in [5.41, 5.74) is 2.08. The Morgan fingerprint density at radius 3 is 2.21 bits per heavy atom. The molecule has 2 amide bonds. The lowest BCUT2D eigenvalue weighted by atomic mass is 10.2. The minimum Gasteiger partial charge on any atom is -0.497 e. The normalized spacial score (nSPS) is 9.92. The molecule has 0 saturated carbocycles. The predicted octanol–water partition coefficient (Wildman–Crippen LogP) is 3.09. The van der Waals surface area contributed by atoms with Gasteiger partial charge in [-0.05, 0) is 30.3 Å². The molecule has 0 fully saturated rings. The van der Waals surface area contributed by atoms with Crippen molar-refractivity contribution in [2.24, 2.45) is 0 Å². The highest BCUT2D eigenvalue weighted by molar-refractivity contribution is 5.95. The Kier molecular flexibility index (Phi) is 6.19. The topological polar surface area (TPSA) is 79.5 Å². The molecule has 6 nitrogen and oxygen atoms in total. The molecule has 0 heterocycles. The standard InChI is InChI=1S/C18H21N3O3/c1-3-17(22)20-14-7-4-8-15(10-14)21-18(23)12-19-13-6-5-9-16(11-13)24-2/h4-11,19H,3,12H2,1-2H3,(H,20,22)(H,21,23). The van der Waals surface area contributed by atoms with E-state index in [0.717, 1.165) is 11.4 Å². The van der Waals surface area contributed by atoms with Crippen molar-refractivity contribution in [1.29, 1.82) is 0 Å². The Morgan fingerprint density at radius 1 is 0.917 bits per heavy atom. The highest BCUT2D eigenvalue weighted by Crippen LogP contribution is 2.17. The molecular formula is C18H21N3O3. The number of anilines is 3. The van der Waals surface area contributed by atoms with E-state index in [-0.39, 0.29) is 18.4 Å². The van der Waals surface area contributed by atoms with Crippen LogP contribution in [0.5, 0.6) is 5.75 Å². The quantitative estimate of drug-likeness (QED) is 0.730. The van der Waals surface area contributed by atoms with Crippen LogP contribution in [0.2, 0.25) is 0 Å². The number of rotatable bonds is 7. The number of hydrogen-bond donors (Lipinski definition) is 3. The molecule has 2 rings (SSSR count). The van der Waals surface area contributed by atoms with Crippen molar-refractivity contribution in [3.8, 4) is 5.75 Å². The molecule has 0 atom stereocenters. The van der Waals surface area contributed by atoms with E-state index >= 15 is 0 Å². The zero-order chi connectivity index (χ0) is 17.4. The fourth-order valence-electron chi connectivity index (χ4n) is 2.04. The maximum atomic E-state index is 12.0. The van der Waals surface area contributed by atoms with Crippen molar-refractivity contribution in [2.75, 3.05) is 29.6 Å². The Hall–Kier alpha value is -3.02. The smallest absolute Gasteiger partial charge is 0.243 e. The summed E-state index contributed by atoms with van der Waals surface area (Å²) in [5, 5.41) is 8.58.